The predicted molar refractivity (Wildman–Crippen MR) is 69.3 cm³/mol. The van der Waals surface area contributed by atoms with Crippen LogP contribution in [0.1, 0.15) is 35.2 Å². The molecule has 1 atom stereocenters. The van der Waals surface area contributed by atoms with Gasteiger partial charge in [-0.2, -0.15) is 0 Å². The van der Waals surface area contributed by atoms with Crippen LogP contribution in [0.5, 0.6) is 0 Å². The molecule has 0 spiro atoms. The van der Waals surface area contributed by atoms with Crippen LogP contribution in [0.4, 0.5) is 4.39 Å². The highest BCUT2D eigenvalue weighted by atomic mass is 19.1. The molecule has 102 valence electrons. The number of aryl methyl sites for hydroxylation is 1. The maximum Gasteiger partial charge on any atom is 0.252 e. The first-order chi connectivity index (χ1) is 9.08. The first-order valence-electron chi connectivity index (χ1n) is 6.42. The Labute approximate surface area is 111 Å². The van der Waals surface area contributed by atoms with Crippen molar-refractivity contribution in [3.05, 3.63) is 35.1 Å². The van der Waals surface area contributed by atoms with Crippen LogP contribution < -0.4 is 10.6 Å². The molecule has 19 heavy (non-hydrogen) atoms. The Bertz CT molecular complexity index is 502. The van der Waals surface area contributed by atoms with Crippen LogP contribution in [0.25, 0.3) is 0 Å². The molecule has 5 heteroatoms. The van der Waals surface area contributed by atoms with E-state index in [0.29, 0.717) is 24.1 Å². The molecule has 1 heterocycles. The Morgan fingerprint density at radius 3 is 2.95 bits per heavy atom. The van der Waals surface area contributed by atoms with Crippen molar-refractivity contribution < 1.29 is 14.0 Å². The Morgan fingerprint density at radius 1 is 1.42 bits per heavy atom. The zero-order valence-corrected chi connectivity index (χ0v) is 10.8. The molecule has 1 unspecified atom stereocenters. The van der Waals surface area contributed by atoms with Gasteiger partial charge in [0.25, 0.3) is 5.91 Å². The highest BCUT2D eigenvalue weighted by molar-refractivity contribution is 5.98. The molecule has 1 aliphatic heterocycles. The van der Waals surface area contributed by atoms with E-state index in [1.165, 1.54) is 18.2 Å². The summed E-state index contributed by atoms with van der Waals surface area (Å²) in [5.74, 6) is -0.855. The molecule has 1 aliphatic rings. The highest BCUT2D eigenvalue weighted by Gasteiger charge is 2.23. The summed E-state index contributed by atoms with van der Waals surface area (Å²) in [6.07, 6.45) is 2.46. The second kappa shape index (κ2) is 5.82. The Hall–Kier alpha value is -1.91. The lowest BCUT2D eigenvalue weighted by Gasteiger charge is -2.16. The molecule has 2 N–H and O–H groups in total. The van der Waals surface area contributed by atoms with Crippen LogP contribution in [0.3, 0.4) is 0 Å². The molecule has 2 rings (SSSR count). The number of carbonyl (C=O) groups excluding carboxylic acids is 2. The maximum absolute atomic E-state index is 13.0. The first-order valence-corrected chi connectivity index (χ1v) is 6.42. The molecular weight excluding hydrogens is 247 g/mol. The van der Waals surface area contributed by atoms with E-state index in [1.807, 2.05) is 0 Å². The number of halogens is 1. The highest BCUT2D eigenvalue weighted by Crippen LogP contribution is 2.12. The van der Waals surface area contributed by atoms with Crippen molar-refractivity contribution in [3.63, 3.8) is 0 Å². The minimum absolute atomic E-state index is 0.148. The second-order valence-corrected chi connectivity index (χ2v) is 4.77. The van der Waals surface area contributed by atoms with Crippen molar-refractivity contribution in [2.24, 2.45) is 0 Å². The van der Waals surface area contributed by atoms with Crippen LogP contribution in [0, 0.1) is 12.7 Å². The van der Waals surface area contributed by atoms with Gasteiger partial charge in [-0.1, -0.05) is 0 Å². The number of rotatable bonds is 2. The summed E-state index contributed by atoms with van der Waals surface area (Å²) < 4.78 is 13.0. The molecule has 1 fully saturated rings. The SMILES string of the molecule is Cc1cc(F)ccc1C(=O)NC1CCCCNC1=O. The summed E-state index contributed by atoms with van der Waals surface area (Å²) in [5.41, 5.74) is 0.963. The minimum Gasteiger partial charge on any atom is -0.354 e. The maximum atomic E-state index is 13.0. The van der Waals surface area contributed by atoms with E-state index in [-0.39, 0.29) is 17.6 Å². The van der Waals surface area contributed by atoms with Gasteiger partial charge < -0.3 is 10.6 Å². The molecule has 0 bridgehead atoms. The largest absolute Gasteiger partial charge is 0.354 e. The topological polar surface area (TPSA) is 58.2 Å². The standard InChI is InChI=1S/C14H17FN2O2/c1-9-8-10(15)5-6-11(9)13(18)17-12-4-2-3-7-16-14(12)19/h5-6,8,12H,2-4,7H2,1H3,(H,16,19)(H,17,18). The zero-order chi connectivity index (χ0) is 13.8. The van der Waals surface area contributed by atoms with Crippen molar-refractivity contribution in [1.29, 1.82) is 0 Å². The Morgan fingerprint density at radius 2 is 2.21 bits per heavy atom. The van der Waals surface area contributed by atoms with Crippen molar-refractivity contribution in [2.75, 3.05) is 6.54 Å². The Balaban J connectivity index is 2.09. The number of benzene rings is 1. The van der Waals surface area contributed by atoms with E-state index in [1.54, 1.807) is 6.92 Å². The number of hydrogen-bond acceptors (Lipinski definition) is 2. The van der Waals surface area contributed by atoms with Crippen molar-refractivity contribution >= 4 is 11.8 Å². The van der Waals surface area contributed by atoms with E-state index >= 15 is 0 Å². The van der Waals surface area contributed by atoms with E-state index in [0.717, 1.165) is 12.8 Å². The summed E-state index contributed by atoms with van der Waals surface area (Å²) in [4.78, 5) is 23.8. The fourth-order valence-electron chi connectivity index (χ4n) is 2.19. The van der Waals surface area contributed by atoms with E-state index in [2.05, 4.69) is 10.6 Å². The zero-order valence-electron chi connectivity index (χ0n) is 10.8. The molecule has 4 nitrogen and oxygen atoms in total. The molecule has 2 amide bonds. The van der Waals surface area contributed by atoms with E-state index < -0.39 is 6.04 Å². The van der Waals surface area contributed by atoms with Gasteiger partial charge in [-0.15, -0.1) is 0 Å². The third-order valence-corrected chi connectivity index (χ3v) is 3.27. The average Bonchev–Trinajstić information content (AvgIpc) is 2.55. The number of amides is 2. The number of nitrogens with one attached hydrogen (secondary N) is 2. The van der Waals surface area contributed by atoms with Gasteiger partial charge >= 0.3 is 0 Å². The van der Waals surface area contributed by atoms with Crippen molar-refractivity contribution in [2.45, 2.75) is 32.2 Å². The lowest BCUT2D eigenvalue weighted by atomic mass is 10.1. The molecule has 1 aromatic carbocycles. The quantitative estimate of drug-likeness (QED) is 0.851. The lowest BCUT2D eigenvalue weighted by molar-refractivity contribution is -0.122. The summed E-state index contributed by atoms with van der Waals surface area (Å²) in [7, 11) is 0. The summed E-state index contributed by atoms with van der Waals surface area (Å²) in [6, 6.07) is 3.49. The molecule has 0 aromatic heterocycles. The van der Waals surface area contributed by atoms with Gasteiger partial charge in [-0.05, 0) is 49.9 Å². The normalized spacial score (nSPS) is 19.5. The fraction of sp³-hybridized carbons (Fsp3) is 0.429. The molecular formula is C14H17FN2O2. The van der Waals surface area contributed by atoms with Gasteiger partial charge in [0, 0.05) is 12.1 Å². The van der Waals surface area contributed by atoms with Crippen LogP contribution in [0.15, 0.2) is 18.2 Å². The van der Waals surface area contributed by atoms with Gasteiger partial charge in [0.2, 0.25) is 5.91 Å². The van der Waals surface area contributed by atoms with Crippen LogP contribution in [0.2, 0.25) is 0 Å². The first kappa shape index (κ1) is 13.5. The third kappa shape index (κ3) is 3.30. The Kier molecular flexibility index (Phi) is 4.14. The fourth-order valence-corrected chi connectivity index (χ4v) is 2.19. The number of hydrogen-bond donors (Lipinski definition) is 2. The van der Waals surface area contributed by atoms with E-state index in [9.17, 15) is 14.0 Å². The second-order valence-electron chi connectivity index (χ2n) is 4.77. The monoisotopic (exact) mass is 264 g/mol. The van der Waals surface area contributed by atoms with E-state index in [4.69, 9.17) is 0 Å². The van der Waals surface area contributed by atoms with Crippen LogP contribution in [-0.4, -0.2) is 24.4 Å². The predicted octanol–water partition coefficient (Wildman–Crippen LogP) is 1.53. The average molecular weight is 264 g/mol. The minimum atomic E-state index is -0.501. The molecule has 0 aliphatic carbocycles. The van der Waals surface area contributed by atoms with Gasteiger partial charge in [0.1, 0.15) is 11.9 Å². The van der Waals surface area contributed by atoms with Crippen molar-refractivity contribution in [3.8, 4) is 0 Å². The smallest absolute Gasteiger partial charge is 0.252 e. The lowest BCUT2D eigenvalue weighted by Crippen LogP contribution is -2.45. The van der Waals surface area contributed by atoms with Crippen LogP contribution >= 0.6 is 0 Å². The molecule has 1 aromatic rings. The van der Waals surface area contributed by atoms with Crippen molar-refractivity contribution in [1.82, 2.24) is 10.6 Å². The molecule has 0 saturated carbocycles. The summed E-state index contributed by atoms with van der Waals surface area (Å²) in [5, 5.41) is 5.47. The van der Waals surface area contributed by atoms with Gasteiger partial charge in [0.15, 0.2) is 0 Å². The van der Waals surface area contributed by atoms with Crippen LogP contribution in [-0.2, 0) is 4.79 Å². The van der Waals surface area contributed by atoms with Gasteiger partial charge in [-0.25, -0.2) is 4.39 Å². The number of carbonyl (C=O) groups is 2. The summed E-state index contributed by atoms with van der Waals surface area (Å²) in [6.45, 7) is 2.33. The van der Waals surface area contributed by atoms with Gasteiger partial charge in [-0.3, -0.25) is 9.59 Å². The molecule has 1 saturated heterocycles. The molecule has 0 radical (unpaired) electrons. The van der Waals surface area contributed by atoms with Gasteiger partial charge in [0.05, 0.1) is 0 Å². The summed E-state index contributed by atoms with van der Waals surface area (Å²) >= 11 is 0. The third-order valence-electron chi connectivity index (χ3n) is 3.27.